The highest BCUT2D eigenvalue weighted by Crippen LogP contribution is 2.26. The summed E-state index contributed by atoms with van der Waals surface area (Å²) >= 11 is 0. The minimum absolute atomic E-state index is 0.815. The number of piperidine rings is 1. The van der Waals surface area contributed by atoms with Crippen LogP contribution >= 0.6 is 0 Å². The Morgan fingerprint density at radius 2 is 1.76 bits per heavy atom. The number of aromatic nitrogens is 3. The van der Waals surface area contributed by atoms with E-state index < -0.39 is 0 Å². The van der Waals surface area contributed by atoms with Gasteiger partial charge in [-0.1, -0.05) is 18.6 Å². The molecule has 5 nitrogen and oxygen atoms in total. The zero-order chi connectivity index (χ0) is 16.6. The first-order chi connectivity index (χ1) is 12.4. The highest BCUT2D eigenvalue weighted by molar-refractivity contribution is 5.82. The second kappa shape index (κ2) is 6.08. The van der Waals surface area contributed by atoms with Crippen molar-refractivity contribution in [2.75, 3.05) is 19.6 Å². The molecular weight excluding hydrogens is 312 g/mol. The average molecular weight is 334 g/mol. The molecule has 1 saturated heterocycles. The molecule has 0 aliphatic carbocycles. The smallest absolute Gasteiger partial charge is 0.215 e. The minimum Gasteiger partial charge on any atom is -0.463 e. The highest BCUT2D eigenvalue weighted by atomic mass is 16.3. The van der Waals surface area contributed by atoms with Crippen molar-refractivity contribution < 1.29 is 4.42 Å². The van der Waals surface area contributed by atoms with Crippen LogP contribution in [0.3, 0.4) is 0 Å². The van der Waals surface area contributed by atoms with E-state index in [0.717, 1.165) is 30.3 Å². The van der Waals surface area contributed by atoms with Gasteiger partial charge >= 0.3 is 0 Å². The molecule has 4 heterocycles. The van der Waals surface area contributed by atoms with Gasteiger partial charge in [0.1, 0.15) is 5.69 Å². The SMILES string of the molecule is c1coc(-c2cn3c4ccccc4n(CCN4CCCCC4)c3n2)c1. The van der Waals surface area contributed by atoms with Gasteiger partial charge in [0.25, 0.3) is 0 Å². The summed E-state index contributed by atoms with van der Waals surface area (Å²) in [4.78, 5) is 7.44. The van der Waals surface area contributed by atoms with Gasteiger partial charge in [0, 0.05) is 19.3 Å². The fraction of sp³-hybridized carbons (Fsp3) is 0.350. The Morgan fingerprint density at radius 3 is 2.56 bits per heavy atom. The zero-order valence-corrected chi connectivity index (χ0v) is 14.3. The van der Waals surface area contributed by atoms with E-state index in [1.54, 1.807) is 6.26 Å². The van der Waals surface area contributed by atoms with Crippen molar-refractivity contribution in [3.05, 3.63) is 48.9 Å². The molecule has 0 spiro atoms. The number of rotatable bonds is 4. The number of fused-ring (bicyclic) bond motifs is 3. The molecule has 1 fully saturated rings. The van der Waals surface area contributed by atoms with Crippen LogP contribution in [-0.2, 0) is 6.54 Å². The van der Waals surface area contributed by atoms with Gasteiger partial charge in [-0.3, -0.25) is 4.40 Å². The van der Waals surface area contributed by atoms with Crippen molar-refractivity contribution in [2.24, 2.45) is 0 Å². The Bertz CT molecular complexity index is 990. The van der Waals surface area contributed by atoms with Crippen molar-refractivity contribution in [3.8, 4) is 11.5 Å². The van der Waals surface area contributed by atoms with Crippen LogP contribution in [0.5, 0.6) is 0 Å². The molecule has 0 N–H and O–H groups in total. The molecule has 5 heteroatoms. The predicted molar refractivity (Wildman–Crippen MR) is 98.7 cm³/mol. The lowest BCUT2D eigenvalue weighted by atomic mass is 10.1. The first kappa shape index (κ1) is 14.8. The number of hydrogen-bond donors (Lipinski definition) is 0. The van der Waals surface area contributed by atoms with E-state index in [9.17, 15) is 0 Å². The first-order valence-electron chi connectivity index (χ1n) is 9.13. The molecule has 0 bridgehead atoms. The Labute approximate surface area is 146 Å². The van der Waals surface area contributed by atoms with Crippen molar-refractivity contribution in [1.29, 1.82) is 0 Å². The molecule has 0 saturated carbocycles. The Hall–Kier alpha value is -2.53. The van der Waals surface area contributed by atoms with Gasteiger partial charge < -0.3 is 13.9 Å². The van der Waals surface area contributed by atoms with Crippen LogP contribution in [-0.4, -0.2) is 38.5 Å². The monoisotopic (exact) mass is 334 g/mol. The molecule has 0 atom stereocenters. The molecule has 128 valence electrons. The lowest BCUT2D eigenvalue weighted by Crippen LogP contribution is -2.32. The topological polar surface area (TPSA) is 38.6 Å². The number of para-hydroxylation sites is 2. The lowest BCUT2D eigenvalue weighted by molar-refractivity contribution is 0.222. The zero-order valence-electron chi connectivity index (χ0n) is 14.3. The van der Waals surface area contributed by atoms with Gasteiger partial charge in [0.2, 0.25) is 5.78 Å². The quantitative estimate of drug-likeness (QED) is 0.565. The van der Waals surface area contributed by atoms with E-state index in [4.69, 9.17) is 9.40 Å². The van der Waals surface area contributed by atoms with E-state index >= 15 is 0 Å². The molecule has 1 aliphatic heterocycles. The largest absolute Gasteiger partial charge is 0.463 e. The van der Waals surface area contributed by atoms with Gasteiger partial charge in [-0.05, 0) is 50.2 Å². The Kier molecular flexibility index (Phi) is 3.59. The summed E-state index contributed by atoms with van der Waals surface area (Å²) in [6, 6.07) is 12.4. The third kappa shape index (κ3) is 2.55. The standard InChI is InChI=1S/C20H22N4O/c1-4-10-22(11-5-1)12-13-23-17-7-2-3-8-18(17)24-15-16(21-20(23)24)19-9-6-14-25-19/h2-3,6-9,14-15H,1,4-5,10-13H2. The van der Waals surface area contributed by atoms with Crippen LogP contribution in [0.2, 0.25) is 0 Å². The second-order valence-corrected chi connectivity index (χ2v) is 6.82. The summed E-state index contributed by atoms with van der Waals surface area (Å²) in [5.74, 6) is 1.81. The summed E-state index contributed by atoms with van der Waals surface area (Å²) in [5.41, 5.74) is 3.33. The number of benzene rings is 1. The minimum atomic E-state index is 0.815. The fourth-order valence-corrected chi connectivity index (χ4v) is 3.93. The Balaban J connectivity index is 1.56. The van der Waals surface area contributed by atoms with Gasteiger partial charge in [-0.2, -0.15) is 0 Å². The van der Waals surface area contributed by atoms with E-state index in [-0.39, 0.29) is 0 Å². The van der Waals surface area contributed by atoms with Crippen LogP contribution < -0.4 is 0 Å². The highest BCUT2D eigenvalue weighted by Gasteiger charge is 2.17. The van der Waals surface area contributed by atoms with Crippen molar-refractivity contribution in [2.45, 2.75) is 25.8 Å². The first-order valence-corrected chi connectivity index (χ1v) is 9.13. The maximum atomic E-state index is 5.53. The number of likely N-dealkylation sites (tertiary alicyclic amines) is 1. The van der Waals surface area contributed by atoms with Crippen LogP contribution in [0.15, 0.2) is 53.3 Å². The average Bonchev–Trinajstić information content (AvgIpc) is 3.37. The van der Waals surface area contributed by atoms with Crippen LogP contribution in [0, 0.1) is 0 Å². The number of nitrogens with zero attached hydrogens (tertiary/aromatic N) is 4. The van der Waals surface area contributed by atoms with Crippen LogP contribution in [0.1, 0.15) is 19.3 Å². The third-order valence-corrected chi connectivity index (χ3v) is 5.22. The molecule has 25 heavy (non-hydrogen) atoms. The number of hydrogen-bond acceptors (Lipinski definition) is 3. The molecule has 1 aliphatic rings. The van der Waals surface area contributed by atoms with E-state index in [0.29, 0.717) is 0 Å². The molecule has 3 aromatic heterocycles. The Morgan fingerprint density at radius 1 is 0.920 bits per heavy atom. The second-order valence-electron chi connectivity index (χ2n) is 6.82. The third-order valence-electron chi connectivity index (χ3n) is 5.22. The van der Waals surface area contributed by atoms with E-state index in [1.807, 2.05) is 12.1 Å². The maximum absolute atomic E-state index is 5.53. The van der Waals surface area contributed by atoms with E-state index in [2.05, 4.69) is 44.3 Å². The fourth-order valence-electron chi connectivity index (χ4n) is 3.93. The number of furan rings is 1. The van der Waals surface area contributed by atoms with Crippen LogP contribution in [0.4, 0.5) is 0 Å². The predicted octanol–water partition coefficient (Wildman–Crippen LogP) is 4.03. The summed E-state index contributed by atoms with van der Waals surface area (Å²) in [5, 5.41) is 0. The summed E-state index contributed by atoms with van der Waals surface area (Å²) in [6.07, 6.45) is 7.80. The van der Waals surface area contributed by atoms with Crippen molar-refractivity contribution in [3.63, 3.8) is 0 Å². The molecular formula is C20H22N4O. The van der Waals surface area contributed by atoms with E-state index in [1.165, 1.54) is 43.4 Å². The van der Waals surface area contributed by atoms with Gasteiger partial charge in [0.15, 0.2) is 5.76 Å². The molecule has 4 aromatic rings. The summed E-state index contributed by atoms with van der Waals surface area (Å²) < 4.78 is 10.1. The van der Waals surface area contributed by atoms with Gasteiger partial charge in [-0.25, -0.2) is 4.98 Å². The van der Waals surface area contributed by atoms with Crippen molar-refractivity contribution >= 4 is 16.8 Å². The van der Waals surface area contributed by atoms with Crippen molar-refractivity contribution in [1.82, 2.24) is 18.9 Å². The van der Waals surface area contributed by atoms with Gasteiger partial charge in [-0.15, -0.1) is 0 Å². The molecule has 1 aromatic carbocycles. The summed E-state index contributed by atoms with van der Waals surface area (Å²) in [7, 11) is 0. The lowest BCUT2D eigenvalue weighted by Gasteiger charge is -2.26. The van der Waals surface area contributed by atoms with Gasteiger partial charge in [0.05, 0.1) is 17.3 Å². The van der Waals surface area contributed by atoms with Crippen LogP contribution in [0.25, 0.3) is 28.3 Å². The molecule has 0 unspecified atom stereocenters. The molecule has 0 radical (unpaired) electrons. The summed E-state index contributed by atoms with van der Waals surface area (Å²) in [6.45, 7) is 4.49. The molecule has 0 amide bonds. The number of imidazole rings is 2. The normalized spacial score (nSPS) is 16.2. The molecule has 5 rings (SSSR count). The maximum Gasteiger partial charge on any atom is 0.215 e.